The van der Waals surface area contributed by atoms with Gasteiger partial charge >= 0.3 is 17.9 Å². The Balaban J connectivity index is 4.46. The normalized spacial score (nSPS) is 12.5. The Morgan fingerprint density at radius 3 is 1.00 bits per heavy atom. The van der Waals surface area contributed by atoms with Crippen LogP contribution in [0.15, 0.2) is 60.8 Å². The summed E-state index contributed by atoms with van der Waals surface area (Å²) < 4.78 is 16.7. The molecule has 0 saturated heterocycles. The highest BCUT2D eigenvalue weighted by Gasteiger charge is 2.19. The maximum absolute atomic E-state index is 12.8. The van der Waals surface area contributed by atoms with Crippen molar-refractivity contribution in [2.75, 3.05) is 13.2 Å². The van der Waals surface area contributed by atoms with Gasteiger partial charge in [-0.3, -0.25) is 14.4 Å². The fraction of sp³-hybridized carbons (Fsp3) is 0.772. The van der Waals surface area contributed by atoms with Crippen molar-refractivity contribution in [2.45, 2.75) is 271 Å². The molecule has 0 heterocycles. The molecule has 0 saturated carbocycles. The Morgan fingerprint density at radius 2 is 0.587 bits per heavy atom. The van der Waals surface area contributed by atoms with Gasteiger partial charge in [0.15, 0.2) is 6.10 Å². The van der Waals surface area contributed by atoms with Crippen LogP contribution >= 0.6 is 0 Å². The molecule has 0 fully saturated rings. The van der Waals surface area contributed by atoms with E-state index in [1.54, 1.807) is 0 Å². The van der Waals surface area contributed by atoms with Crippen molar-refractivity contribution >= 4 is 17.9 Å². The predicted octanol–water partition coefficient (Wildman–Crippen LogP) is 17.6. The lowest BCUT2D eigenvalue weighted by atomic mass is 10.1. The largest absolute Gasteiger partial charge is 0.462 e. The maximum Gasteiger partial charge on any atom is 0.306 e. The molecule has 1 unspecified atom stereocenters. The van der Waals surface area contributed by atoms with Crippen LogP contribution in [0.5, 0.6) is 0 Å². The van der Waals surface area contributed by atoms with Crippen molar-refractivity contribution in [3.05, 3.63) is 60.8 Å². The van der Waals surface area contributed by atoms with Gasteiger partial charge in [0.05, 0.1) is 0 Å². The third-order valence-electron chi connectivity index (χ3n) is 11.5. The van der Waals surface area contributed by atoms with E-state index >= 15 is 0 Å². The molecule has 0 radical (unpaired) electrons. The van der Waals surface area contributed by atoms with Crippen LogP contribution in [0.4, 0.5) is 0 Å². The van der Waals surface area contributed by atoms with Crippen molar-refractivity contribution in [1.29, 1.82) is 0 Å². The lowest BCUT2D eigenvalue weighted by Crippen LogP contribution is -2.30. The maximum atomic E-state index is 12.8. The Hall–Kier alpha value is -2.89. The summed E-state index contributed by atoms with van der Waals surface area (Å²) in [4.78, 5) is 38.0. The van der Waals surface area contributed by atoms with Crippen molar-refractivity contribution in [2.24, 2.45) is 0 Å². The Kier molecular flexibility index (Phi) is 49.4. The van der Waals surface area contributed by atoms with Crippen LogP contribution in [-0.4, -0.2) is 37.2 Å². The van der Waals surface area contributed by atoms with Crippen LogP contribution in [-0.2, 0) is 28.6 Å². The number of unbranched alkanes of at least 4 members (excludes halogenated alkanes) is 27. The average Bonchev–Trinajstić information content (AvgIpc) is 3.28. The fourth-order valence-corrected chi connectivity index (χ4v) is 7.39. The molecule has 0 N–H and O–H groups in total. The number of ether oxygens (including phenoxy) is 3. The summed E-state index contributed by atoms with van der Waals surface area (Å²) >= 11 is 0. The number of hydrogen-bond donors (Lipinski definition) is 0. The second kappa shape index (κ2) is 51.7. The van der Waals surface area contributed by atoms with E-state index in [1.165, 1.54) is 141 Å². The molecule has 0 rings (SSSR count). The summed E-state index contributed by atoms with van der Waals surface area (Å²) in [5.74, 6) is -0.964. The Labute approximate surface area is 390 Å². The molecule has 6 nitrogen and oxygen atoms in total. The second-order valence-electron chi connectivity index (χ2n) is 17.8. The number of carbonyl (C=O) groups is 3. The standard InChI is InChI=1S/C57H100O6/c1-4-7-10-13-16-19-22-25-27-29-31-32-35-38-41-44-47-50-56(59)62-53-54(52-61-55(58)49-46-43-40-37-34-24-21-18-15-12-9-6-3)63-57(60)51-48-45-42-39-36-33-30-28-26-23-20-17-14-11-8-5-2/h18,21,25,27-28,30-32,38,41,54H,4-17,19-20,22-24,26,29,33-37,39-40,42-53H2,1-3H3/b21-18-,27-25-,30-28-,32-31-,41-38-. The molecule has 0 aromatic carbocycles. The monoisotopic (exact) mass is 881 g/mol. The zero-order valence-corrected chi connectivity index (χ0v) is 41.6. The first kappa shape index (κ1) is 60.1. The minimum absolute atomic E-state index is 0.0971. The van der Waals surface area contributed by atoms with Crippen LogP contribution in [0.3, 0.4) is 0 Å². The first-order valence-electron chi connectivity index (χ1n) is 26.8. The van der Waals surface area contributed by atoms with Crippen molar-refractivity contribution in [3.8, 4) is 0 Å². The lowest BCUT2D eigenvalue weighted by molar-refractivity contribution is -0.167. The van der Waals surface area contributed by atoms with E-state index in [0.29, 0.717) is 19.3 Å². The van der Waals surface area contributed by atoms with E-state index in [2.05, 4.69) is 81.5 Å². The Bertz CT molecular complexity index is 1150. The molecule has 6 heteroatoms. The molecule has 1 atom stereocenters. The van der Waals surface area contributed by atoms with Crippen LogP contribution in [0.25, 0.3) is 0 Å². The van der Waals surface area contributed by atoms with Gasteiger partial charge in [0.2, 0.25) is 0 Å². The van der Waals surface area contributed by atoms with Gasteiger partial charge in [-0.15, -0.1) is 0 Å². The van der Waals surface area contributed by atoms with Gasteiger partial charge in [-0.25, -0.2) is 0 Å². The summed E-state index contributed by atoms with van der Waals surface area (Å²) in [6.07, 6.45) is 63.5. The van der Waals surface area contributed by atoms with Crippen molar-refractivity contribution in [3.63, 3.8) is 0 Å². The molecule has 63 heavy (non-hydrogen) atoms. The first-order valence-corrected chi connectivity index (χ1v) is 26.8. The summed E-state index contributed by atoms with van der Waals surface area (Å²) in [5.41, 5.74) is 0. The number of rotatable bonds is 48. The topological polar surface area (TPSA) is 78.9 Å². The molecule has 0 aliphatic carbocycles. The van der Waals surface area contributed by atoms with E-state index in [9.17, 15) is 14.4 Å². The van der Waals surface area contributed by atoms with Crippen molar-refractivity contribution in [1.82, 2.24) is 0 Å². The summed E-state index contributed by atoms with van der Waals surface area (Å²) in [6, 6.07) is 0. The fourth-order valence-electron chi connectivity index (χ4n) is 7.39. The quantitative estimate of drug-likeness (QED) is 0.0262. The van der Waals surface area contributed by atoms with Gasteiger partial charge < -0.3 is 14.2 Å². The van der Waals surface area contributed by atoms with Gasteiger partial charge in [0.25, 0.3) is 0 Å². The molecule has 364 valence electrons. The van der Waals surface area contributed by atoms with E-state index in [4.69, 9.17) is 14.2 Å². The molecule has 0 aliphatic rings. The van der Waals surface area contributed by atoms with Crippen LogP contribution in [0.2, 0.25) is 0 Å². The molecule has 0 aromatic heterocycles. The number of esters is 3. The van der Waals surface area contributed by atoms with Gasteiger partial charge in [-0.1, -0.05) is 204 Å². The lowest BCUT2D eigenvalue weighted by Gasteiger charge is -2.18. The highest BCUT2D eigenvalue weighted by atomic mass is 16.6. The molecule has 0 bridgehead atoms. The van der Waals surface area contributed by atoms with E-state index in [-0.39, 0.29) is 37.5 Å². The Morgan fingerprint density at radius 1 is 0.317 bits per heavy atom. The minimum atomic E-state index is -0.801. The molecular weight excluding hydrogens is 781 g/mol. The molecular formula is C57H100O6. The predicted molar refractivity (Wildman–Crippen MR) is 270 cm³/mol. The van der Waals surface area contributed by atoms with Crippen LogP contribution in [0.1, 0.15) is 265 Å². The van der Waals surface area contributed by atoms with Crippen molar-refractivity contribution < 1.29 is 28.6 Å². The van der Waals surface area contributed by atoms with Gasteiger partial charge in [0, 0.05) is 19.3 Å². The van der Waals surface area contributed by atoms with Gasteiger partial charge in [-0.05, 0) is 103 Å². The highest BCUT2D eigenvalue weighted by Crippen LogP contribution is 2.14. The highest BCUT2D eigenvalue weighted by molar-refractivity contribution is 5.71. The summed E-state index contributed by atoms with van der Waals surface area (Å²) in [7, 11) is 0. The number of allylic oxidation sites excluding steroid dienone is 10. The van der Waals surface area contributed by atoms with E-state index in [1.807, 2.05) is 0 Å². The van der Waals surface area contributed by atoms with Crippen LogP contribution < -0.4 is 0 Å². The van der Waals surface area contributed by atoms with Crippen LogP contribution in [0, 0.1) is 0 Å². The third-order valence-corrected chi connectivity index (χ3v) is 11.5. The molecule has 0 spiro atoms. The van der Waals surface area contributed by atoms with Gasteiger partial charge in [-0.2, -0.15) is 0 Å². The van der Waals surface area contributed by atoms with Gasteiger partial charge in [0.1, 0.15) is 13.2 Å². The summed E-state index contributed by atoms with van der Waals surface area (Å²) in [6.45, 7) is 6.56. The summed E-state index contributed by atoms with van der Waals surface area (Å²) in [5, 5.41) is 0. The average molecular weight is 881 g/mol. The van der Waals surface area contributed by atoms with E-state index in [0.717, 1.165) is 77.0 Å². The molecule has 0 aliphatic heterocycles. The zero-order chi connectivity index (χ0) is 45.8. The number of carbonyl (C=O) groups excluding carboxylic acids is 3. The minimum Gasteiger partial charge on any atom is -0.462 e. The number of hydrogen-bond acceptors (Lipinski definition) is 6. The smallest absolute Gasteiger partial charge is 0.306 e. The molecule has 0 amide bonds. The third kappa shape index (κ3) is 50.0. The molecule has 0 aromatic rings. The van der Waals surface area contributed by atoms with E-state index < -0.39 is 6.10 Å². The first-order chi connectivity index (χ1) is 31.0. The SMILES string of the molecule is CCCCC/C=C\CCCCCCCC(=O)OCC(COC(=O)CCC/C=C\C/C=C\C/C=C\CCCCCCCC)OC(=O)CCCCCCC/C=C\CCCCCCCCC. The zero-order valence-electron chi connectivity index (χ0n) is 41.6. The second-order valence-corrected chi connectivity index (χ2v) is 17.8.